The summed E-state index contributed by atoms with van der Waals surface area (Å²) in [5, 5.41) is 9.46. The van der Waals surface area contributed by atoms with Crippen molar-refractivity contribution in [3.8, 4) is 0 Å². The van der Waals surface area contributed by atoms with Crippen molar-refractivity contribution in [2.45, 2.75) is 0 Å². The number of hydrogen-bond acceptors (Lipinski definition) is 3. The lowest BCUT2D eigenvalue weighted by atomic mass is 9.97. The Kier molecular flexibility index (Phi) is 3.74. The molecule has 1 aliphatic heterocycles. The fourth-order valence-electron chi connectivity index (χ4n) is 3.64. The molecule has 0 N–H and O–H groups in total. The lowest BCUT2D eigenvalue weighted by molar-refractivity contribution is 0.0660. The van der Waals surface area contributed by atoms with Crippen LogP contribution in [0, 0.1) is 0 Å². The van der Waals surface area contributed by atoms with Crippen LogP contribution in [0.15, 0.2) is 77.9 Å². The minimum Gasteiger partial charge on any atom is -0.267 e. The van der Waals surface area contributed by atoms with Crippen LogP contribution in [0.3, 0.4) is 0 Å². The summed E-state index contributed by atoms with van der Waals surface area (Å²) in [7, 11) is 0. The molecule has 0 saturated carbocycles. The normalized spacial score (nSPS) is 13.8. The number of benzene rings is 4. The van der Waals surface area contributed by atoms with Gasteiger partial charge in [-0.25, -0.2) is 0 Å². The molecule has 5 rings (SSSR count). The van der Waals surface area contributed by atoms with Gasteiger partial charge in [0.15, 0.2) is 0 Å². The smallest absolute Gasteiger partial charge is 0.267 e. The molecule has 0 aliphatic carbocycles. The number of nitrogens with zero attached hydrogens (tertiary/aromatic N) is 2. The van der Waals surface area contributed by atoms with Gasteiger partial charge in [-0.2, -0.15) is 10.1 Å². The van der Waals surface area contributed by atoms with Gasteiger partial charge in [-0.05, 0) is 22.9 Å². The first kappa shape index (κ1) is 16.7. The predicted octanol–water partition coefficient (Wildman–Crippen LogP) is 5.28. The molecular weight excluding hydrogens is 372 g/mol. The maximum absolute atomic E-state index is 12.6. The fourth-order valence-corrected chi connectivity index (χ4v) is 3.97. The van der Waals surface area contributed by atoms with Crippen molar-refractivity contribution in [3.63, 3.8) is 0 Å². The number of hydrazone groups is 1. The molecule has 0 bridgehead atoms. The molecule has 0 radical (unpaired) electrons. The number of carbonyl (C=O) groups excluding carboxylic acids is 2. The monoisotopic (exact) mass is 384 g/mol. The van der Waals surface area contributed by atoms with E-state index in [1.54, 1.807) is 30.5 Å². The Bertz CT molecular complexity index is 1230. The average molecular weight is 385 g/mol. The van der Waals surface area contributed by atoms with Crippen LogP contribution in [0.1, 0.15) is 26.3 Å². The van der Waals surface area contributed by atoms with Gasteiger partial charge < -0.3 is 0 Å². The van der Waals surface area contributed by atoms with E-state index in [0.29, 0.717) is 16.1 Å². The molecule has 0 saturated heterocycles. The van der Waals surface area contributed by atoms with E-state index < -0.39 is 11.8 Å². The van der Waals surface area contributed by atoms with Gasteiger partial charge in [0.1, 0.15) is 0 Å². The number of fused-ring (bicyclic) bond motifs is 3. The number of carbonyl (C=O) groups is 2. The Morgan fingerprint density at radius 1 is 0.679 bits per heavy atom. The highest BCUT2D eigenvalue weighted by molar-refractivity contribution is 6.42. The van der Waals surface area contributed by atoms with Crippen LogP contribution in [-0.2, 0) is 0 Å². The largest absolute Gasteiger partial charge is 0.282 e. The maximum Gasteiger partial charge on any atom is 0.282 e. The zero-order valence-electron chi connectivity index (χ0n) is 14.6. The van der Waals surface area contributed by atoms with E-state index in [0.717, 1.165) is 32.1 Å². The van der Waals surface area contributed by atoms with Gasteiger partial charge in [0, 0.05) is 16.3 Å². The fraction of sp³-hybridized carbons (Fsp3) is 0. The van der Waals surface area contributed by atoms with Gasteiger partial charge in [0.05, 0.1) is 22.4 Å². The molecule has 0 unspecified atom stereocenters. The first-order chi connectivity index (χ1) is 13.7. The average Bonchev–Trinajstić information content (AvgIpc) is 2.99. The van der Waals surface area contributed by atoms with Crippen LogP contribution in [0.2, 0.25) is 5.02 Å². The van der Waals surface area contributed by atoms with Gasteiger partial charge in [-0.3, -0.25) is 9.59 Å². The van der Waals surface area contributed by atoms with Crippen LogP contribution < -0.4 is 0 Å². The minimum absolute atomic E-state index is 0.371. The number of halogens is 1. The van der Waals surface area contributed by atoms with Crippen molar-refractivity contribution in [2.24, 2.45) is 5.10 Å². The summed E-state index contributed by atoms with van der Waals surface area (Å²) >= 11 is 6.62. The van der Waals surface area contributed by atoms with Crippen molar-refractivity contribution in [2.75, 3.05) is 0 Å². The zero-order chi connectivity index (χ0) is 19.3. The second-order valence-corrected chi connectivity index (χ2v) is 6.91. The van der Waals surface area contributed by atoms with Crippen molar-refractivity contribution in [3.05, 3.63) is 94.5 Å². The quantitative estimate of drug-likeness (QED) is 0.268. The number of imide groups is 1. The van der Waals surface area contributed by atoms with Crippen molar-refractivity contribution >= 4 is 51.2 Å². The van der Waals surface area contributed by atoms with Crippen LogP contribution in [0.4, 0.5) is 0 Å². The van der Waals surface area contributed by atoms with Crippen LogP contribution in [-0.4, -0.2) is 23.0 Å². The highest BCUT2D eigenvalue weighted by atomic mass is 35.5. The Morgan fingerprint density at radius 2 is 1.11 bits per heavy atom. The summed E-state index contributed by atoms with van der Waals surface area (Å²) in [6, 6.07) is 22.2. The Hall–Kier alpha value is -3.50. The van der Waals surface area contributed by atoms with E-state index in [-0.39, 0.29) is 0 Å². The molecule has 4 nitrogen and oxygen atoms in total. The Labute approximate surface area is 165 Å². The molecule has 4 aromatic rings. The second kappa shape index (κ2) is 6.29. The zero-order valence-corrected chi connectivity index (χ0v) is 15.4. The first-order valence-electron chi connectivity index (χ1n) is 8.77. The van der Waals surface area contributed by atoms with E-state index in [1.165, 1.54) is 0 Å². The molecule has 1 aliphatic rings. The molecule has 1 heterocycles. The van der Waals surface area contributed by atoms with E-state index >= 15 is 0 Å². The summed E-state index contributed by atoms with van der Waals surface area (Å²) in [4.78, 5) is 25.2. The van der Waals surface area contributed by atoms with Gasteiger partial charge in [-0.1, -0.05) is 72.3 Å². The third kappa shape index (κ3) is 2.35. The SMILES string of the molecule is O=C1c2ccccc2C(=O)N1N=Cc1c2ccccc2c(Cl)c2ccccc12. The standard InChI is InChI=1S/C23H13ClN2O2/c24-21-16-9-3-1-7-14(16)20(15-8-2-4-10-17(15)21)13-25-26-22(27)18-11-5-6-12-19(18)23(26)28/h1-13H. The lowest BCUT2D eigenvalue weighted by Gasteiger charge is -2.11. The third-order valence-corrected chi connectivity index (χ3v) is 5.39. The summed E-state index contributed by atoms with van der Waals surface area (Å²) in [5.74, 6) is -0.834. The highest BCUT2D eigenvalue weighted by Crippen LogP contribution is 2.35. The minimum atomic E-state index is -0.417. The van der Waals surface area contributed by atoms with E-state index in [9.17, 15) is 9.59 Å². The number of amides is 2. The van der Waals surface area contributed by atoms with Crippen molar-refractivity contribution in [1.29, 1.82) is 0 Å². The molecular formula is C23H13ClN2O2. The van der Waals surface area contributed by atoms with Gasteiger partial charge in [-0.15, -0.1) is 0 Å². The Morgan fingerprint density at radius 3 is 1.61 bits per heavy atom. The van der Waals surface area contributed by atoms with Crippen molar-refractivity contribution in [1.82, 2.24) is 5.01 Å². The highest BCUT2D eigenvalue weighted by Gasteiger charge is 2.35. The maximum atomic E-state index is 12.6. The van der Waals surface area contributed by atoms with Crippen LogP contribution in [0.5, 0.6) is 0 Å². The van der Waals surface area contributed by atoms with Crippen LogP contribution in [0.25, 0.3) is 21.5 Å². The van der Waals surface area contributed by atoms with Gasteiger partial charge in [0.2, 0.25) is 0 Å². The molecule has 4 aromatic carbocycles. The molecule has 0 aromatic heterocycles. The molecule has 0 atom stereocenters. The van der Waals surface area contributed by atoms with Crippen molar-refractivity contribution < 1.29 is 9.59 Å². The number of rotatable bonds is 2. The third-order valence-electron chi connectivity index (χ3n) is 4.98. The molecule has 0 spiro atoms. The topological polar surface area (TPSA) is 49.7 Å². The summed E-state index contributed by atoms with van der Waals surface area (Å²) < 4.78 is 0. The summed E-state index contributed by atoms with van der Waals surface area (Å²) in [5.41, 5.74) is 1.55. The predicted molar refractivity (Wildman–Crippen MR) is 111 cm³/mol. The van der Waals surface area contributed by atoms with E-state index in [2.05, 4.69) is 5.10 Å². The van der Waals surface area contributed by atoms with Gasteiger partial charge >= 0.3 is 0 Å². The molecule has 2 amide bonds. The first-order valence-corrected chi connectivity index (χ1v) is 9.15. The summed E-state index contributed by atoms with van der Waals surface area (Å²) in [6.07, 6.45) is 1.57. The molecule has 134 valence electrons. The van der Waals surface area contributed by atoms with E-state index in [4.69, 9.17) is 11.6 Å². The number of hydrogen-bond donors (Lipinski definition) is 0. The Balaban J connectivity index is 1.69. The molecule has 5 heteroatoms. The molecule has 0 fully saturated rings. The lowest BCUT2D eigenvalue weighted by Crippen LogP contribution is -2.24. The summed E-state index contributed by atoms with van der Waals surface area (Å²) in [6.45, 7) is 0. The van der Waals surface area contributed by atoms with Crippen LogP contribution >= 0.6 is 11.6 Å². The second-order valence-electron chi connectivity index (χ2n) is 6.53. The van der Waals surface area contributed by atoms with Gasteiger partial charge in [0.25, 0.3) is 11.8 Å². The van der Waals surface area contributed by atoms with E-state index in [1.807, 2.05) is 48.5 Å². The molecule has 28 heavy (non-hydrogen) atoms.